The summed E-state index contributed by atoms with van der Waals surface area (Å²) in [5, 5.41) is 0.116. The monoisotopic (exact) mass is 228 g/mol. The molecule has 82 valence electrons. The number of nitrogens with zero attached hydrogens (tertiary/aromatic N) is 1. The third-order valence-electron chi connectivity index (χ3n) is 2.02. The molecule has 0 radical (unpaired) electrons. The number of benzene rings is 1. The van der Waals surface area contributed by atoms with E-state index in [0.29, 0.717) is 12.4 Å². The summed E-state index contributed by atoms with van der Waals surface area (Å²) in [6, 6.07) is 4.55. The molecule has 0 spiro atoms. The molecule has 0 unspecified atom stereocenters. The Morgan fingerprint density at radius 2 is 2.20 bits per heavy atom. The zero-order valence-corrected chi connectivity index (χ0v) is 9.55. The average molecular weight is 229 g/mol. The van der Waals surface area contributed by atoms with E-state index in [4.69, 9.17) is 17.3 Å². The van der Waals surface area contributed by atoms with Gasteiger partial charge in [-0.1, -0.05) is 31.5 Å². The third kappa shape index (κ3) is 3.51. The van der Waals surface area contributed by atoms with Crippen molar-refractivity contribution in [2.24, 2.45) is 16.6 Å². The van der Waals surface area contributed by atoms with Gasteiger partial charge in [-0.2, -0.15) is 0 Å². The van der Waals surface area contributed by atoms with Crippen LogP contribution in [0.25, 0.3) is 0 Å². The molecule has 0 amide bonds. The maximum Gasteiger partial charge on any atom is 0.141 e. The molecule has 1 aromatic rings. The van der Waals surface area contributed by atoms with E-state index in [-0.39, 0.29) is 10.9 Å². The van der Waals surface area contributed by atoms with Crippen molar-refractivity contribution in [3.8, 4) is 0 Å². The van der Waals surface area contributed by atoms with Gasteiger partial charge in [0.2, 0.25) is 0 Å². The smallest absolute Gasteiger partial charge is 0.141 e. The second-order valence-corrected chi connectivity index (χ2v) is 4.05. The van der Waals surface area contributed by atoms with Crippen molar-refractivity contribution < 1.29 is 4.39 Å². The third-order valence-corrected chi connectivity index (χ3v) is 2.31. The molecule has 0 saturated heterocycles. The van der Waals surface area contributed by atoms with E-state index >= 15 is 0 Å². The van der Waals surface area contributed by atoms with Crippen LogP contribution in [-0.2, 0) is 6.54 Å². The molecule has 0 fully saturated rings. The molecule has 0 aromatic heterocycles. The molecule has 0 saturated carbocycles. The quantitative estimate of drug-likeness (QED) is 0.627. The summed E-state index contributed by atoms with van der Waals surface area (Å²) < 4.78 is 12.8. The summed E-state index contributed by atoms with van der Waals surface area (Å²) in [5.74, 6) is 0.401. The van der Waals surface area contributed by atoms with Crippen LogP contribution in [0.3, 0.4) is 0 Å². The topological polar surface area (TPSA) is 38.4 Å². The molecule has 2 nitrogen and oxygen atoms in total. The highest BCUT2D eigenvalue weighted by molar-refractivity contribution is 6.30. The Kier molecular flexibility index (Phi) is 4.09. The lowest BCUT2D eigenvalue weighted by atomic mass is 10.2. The first kappa shape index (κ1) is 12.0. The number of nitrogens with two attached hydrogens (primary N) is 1. The summed E-state index contributed by atoms with van der Waals surface area (Å²) in [5.41, 5.74) is 6.53. The van der Waals surface area contributed by atoms with Crippen LogP contribution < -0.4 is 5.73 Å². The molecule has 15 heavy (non-hydrogen) atoms. The Bertz CT molecular complexity index is 375. The van der Waals surface area contributed by atoms with Gasteiger partial charge in [-0.15, -0.1) is 0 Å². The van der Waals surface area contributed by atoms with Gasteiger partial charge < -0.3 is 5.73 Å². The van der Waals surface area contributed by atoms with Crippen molar-refractivity contribution in [3.05, 3.63) is 34.6 Å². The molecule has 0 atom stereocenters. The van der Waals surface area contributed by atoms with E-state index in [1.807, 2.05) is 13.8 Å². The maximum atomic E-state index is 12.8. The summed E-state index contributed by atoms with van der Waals surface area (Å²) in [7, 11) is 0. The van der Waals surface area contributed by atoms with Gasteiger partial charge in [-0.05, 0) is 17.7 Å². The van der Waals surface area contributed by atoms with Crippen LogP contribution in [-0.4, -0.2) is 5.84 Å². The van der Waals surface area contributed by atoms with Gasteiger partial charge in [-0.25, -0.2) is 4.39 Å². The van der Waals surface area contributed by atoms with E-state index in [1.54, 1.807) is 12.1 Å². The van der Waals surface area contributed by atoms with Crippen LogP contribution in [0.15, 0.2) is 23.2 Å². The Balaban J connectivity index is 2.74. The lowest BCUT2D eigenvalue weighted by molar-refractivity contribution is 0.627. The highest BCUT2D eigenvalue weighted by Gasteiger charge is 2.01. The summed E-state index contributed by atoms with van der Waals surface area (Å²) in [6.45, 7) is 4.37. The molecule has 1 rings (SSSR count). The number of hydrogen-bond acceptors (Lipinski definition) is 1. The number of rotatable bonds is 3. The minimum absolute atomic E-state index is 0.116. The predicted octanol–water partition coefficient (Wildman–Crippen LogP) is 2.99. The highest BCUT2D eigenvalue weighted by atomic mass is 35.5. The van der Waals surface area contributed by atoms with E-state index in [1.165, 1.54) is 6.07 Å². The van der Waals surface area contributed by atoms with Gasteiger partial charge in [0, 0.05) is 5.92 Å². The van der Waals surface area contributed by atoms with Gasteiger partial charge in [0.05, 0.1) is 17.4 Å². The molecule has 0 aliphatic carbocycles. The van der Waals surface area contributed by atoms with Crippen molar-refractivity contribution >= 4 is 17.4 Å². The Morgan fingerprint density at radius 1 is 1.53 bits per heavy atom. The van der Waals surface area contributed by atoms with Crippen LogP contribution in [0.2, 0.25) is 5.02 Å². The van der Waals surface area contributed by atoms with E-state index < -0.39 is 5.82 Å². The predicted molar refractivity (Wildman–Crippen MR) is 61.6 cm³/mol. The SMILES string of the molecule is CC(C)C(N)=NCc1ccc(F)c(Cl)c1. The molecule has 0 bridgehead atoms. The fourth-order valence-electron chi connectivity index (χ4n) is 1.00. The molecular weight excluding hydrogens is 215 g/mol. The summed E-state index contributed by atoms with van der Waals surface area (Å²) in [4.78, 5) is 4.18. The van der Waals surface area contributed by atoms with Gasteiger partial charge in [0.25, 0.3) is 0 Å². The second-order valence-electron chi connectivity index (χ2n) is 3.64. The second kappa shape index (κ2) is 5.12. The highest BCUT2D eigenvalue weighted by Crippen LogP contribution is 2.16. The number of halogens is 2. The van der Waals surface area contributed by atoms with Crippen LogP contribution in [0.4, 0.5) is 4.39 Å². The maximum absolute atomic E-state index is 12.8. The fourth-order valence-corrected chi connectivity index (χ4v) is 1.21. The first-order valence-electron chi connectivity index (χ1n) is 4.74. The van der Waals surface area contributed by atoms with Crippen LogP contribution in [0.5, 0.6) is 0 Å². The molecule has 0 aliphatic rings. The molecule has 1 aromatic carbocycles. The standard InChI is InChI=1S/C11H14ClFN2/c1-7(2)11(14)15-6-8-3-4-10(13)9(12)5-8/h3-5,7H,6H2,1-2H3,(H2,14,15). The zero-order valence-electron chi connectivity index (χ0n) is 8.80. The fraction of sp³-hybridized carbons (Fsp3) is 0.364. The van der Waals surface area contributed by atoms with Crippen molar-refractivity contribution in [1.82, 2.24) is 0 Å². The average Bonchev–Trinajstić information content (AvgIpc) is 2.19. The van der Waals surface area contributed by atoms with Gasteiger partial charge in [0.1, 0.15) is 5.82 Å². The normalized spacial score (nSPS) is 12.2. The van der Waals surface area contributed by atoms with E-state index in [0.717, 1.165) is 5.56 Å². The summed E-state index contributed by atoms with van der Waals surface area (Å²) in [6.07, 6.45) is 0. The lowest BCUT2D eigenvalue weighted by Crippen LogP contribution is -2.18. The van der Waals surface area contributed by atoms with E-state index in [9.17, 15) is 4.39 Å². The number of amidine groups is 1. The van der Waals surface area contributed by atoms with Gasteiger partial charge in [-0.3, -0.25) is 4.99 Å². The van der Waals surface area contributed by atoms with Crippen LogP contribution >= 0.6 is 11.6 Å². The number of aliphatic imine (C=N–C) groups is 1. The largest absolute Gasteiger partial charge is 0.387 e. The molecule has 2 N–H and O–H groups in total. The Hall–Kier alpha value is -1.09. The Labute approximate surface area is 94.0 Å². The number of hydrogen-bond donors (Lipinski definition) is 1. The zero-order chi connectivity index (χ0) is 11.4. The van der Waals surface area contributed by atoms with E-state index in [2.05, 4.69) is 4.99 Å². The minimum atomic E-state index is -0.416. The van der Waals surface area contributed by atoms with Gasteiger partial charge in [0.15, 0.2) is 0 Å². The van der Waals surface area contributed by atoms with Crippen molar-refractivity contribution in [1.29, 1.82) is 0 Å². The van der Waals surface area contributed by atoms with Crippen molar-refractivity contribution in [2.45, 2.75) is 20.4 Å². The molecular formula is C11H14ClFN2. The first-order chi connectivity index (χ1) is 7.00. The van der Waals surface area contributed by atoms with Crippen LogP contribution in [0, 0.1) is 11.7 Å². The lowest BCUT2D eigenvalue weighted by Gasteiger charge is -2.04. The van der Waals surface area contributed by atoms with Gasteiger partial charge >= 0.3 is 0 Å². The molecule has 4 heteroatoms. The summed E-state index contributed by atoms with van der Waals surface area (Å²) >= 11 is 5.64. The molecule has 0 aliphatic heterocycles. The van der Waals surface area contributed by atoms with Crippen LogP contribution in [0.1, 0.15) is 19.4 Å². The first-order valence-corrected chi connectivity index (χ1v) is 5.12. The Morgan fingerprint density at radius 3 is 2.73 bits per heavy atom. The molecule has 0 heterocycles. The van der Waals surface area contributed by atoms with Crippen molar-refractivity contribution in [2.75, 3.05) is 0 Å². The van der Waals surface area contributed by atoms with Crippen molar-refractivity contribution in [3.63, 3.8) is 0 Å². The minimum Gasteiger partial charge on any atom is -0.387 e.